The van der Waals surface area contributed by atoms with Crippen LogP contribution in [0.3, 0.4) is 0 Å². The van der Waals surface area contributed by atoms with Crippen LogP contribution in [0.4, 0.5) is 0 Å². The third-order valence-electron chi connectivity index (χ3n) is 1.97. The van der Waals surface area contributed by atoms with Gasteiger partial charge in [0.25, 0.3) is 0 Å². The van der Waals surface area contributed by atoms with Gasteiger partial charge in [0.1, 0.15) is 5.82 Å². The number of hydrogen-bond acceptors (Lipinski definition) is 3. The second-order valence-corrected chi connectivity index (χ2v) is 4.57. The maximum absolute atomic E-state index is 11.6. The van der Waals surface area contributed by atoms with Crippen LogP contribution >= 0.6 is 0 Å². The van der Waals surface area contributed by atoms with Crippen molar-refractivity contribution < 1.29 is 4.79 Å². The quantitative estimate of drug-likeness (QED) is 0.798. The molecule has 1 heterocycles. The predicted molar refractivity (Wildman–Crippen MR) is 58.1 cm³/mol. The zero-order valence-corrected chi connectivity index (χ0v) is 9.66. The van der Waals surface area contributed by atoms with Crippen molar-refractivity contribution in [1.82, 2.24) is 15.3 Å². The number of hydrogen-bond donors (Lipinski definition) is 1. The number of aryl methyl sites for hydroxylation is 1. The van der Waals surface area contributed by atoms with Gasteiger partial charge in [0.05, 0.1) is 0 Å². The molecule has 1 aromatic heterocycles. The first-order valence-corrected chi connectivity index (χ1v) is 4.95. The van der Waals surface area contributed by atoms with E-state index < -0.39 is 0 Å². The molecule has 15 heavy (non-hydrogen) atoms. The third kappa shape index (κ3) is 3.65. The summed E-state index contributed by atoms with van der Waals surface area (Å²) in [5, 5.41) is 2.84. The Kier molecular flexibility index (Phi) is 3.39. The molecular formula is C11H17N3O. The molecule has 0 saturated carbocycles. The third-order valence-corrected chi connectivity index (χ3v) is 1.97. The SMILES string of the molecule is Cc1ncc(CNC(=O)C(C)(C)C)cn1. The van der Waals surface area contributed by atoms with E-state index in [0.29, 0.717) is 6.54 Å². The molecule has 0 saturated heterocycles. The molecule has 0 unspecified atom stereocenters. The van der Waals surface area contributed by atoms with Crippen molar-refractivity contribution in [2.45, 2.75) is 34.2 Å². The summed E-state index contributed by atoms with van der Waals surface area (Å²) in [7, 11) is 0. The summed E-state index contributed by atoms with van der Waals surface area (Å²) in [6.07, 6.45) is 3.45. The maximum Gasteiger partial charge on any atom is 0.225 e. The molecule has 0 aromatic carbocycles. The average Bonchev–Trinajstić information content (AvgIpc) is 2.15. The molecule has 0 aliphatic carbocycles. The summed E-state index contributed by atoms with van der Waals surface area (Å²) < 4.78 is 0. The van der Waals surface area contributed by atoms with Crippen LogP contribution < -0.4 is 5.32 Å². The second-order valence-electron chi connectivity index (χ2n) is 4.57. The molecular weight excluding hydrogens is 190 g/mol. The number of carbonyl (C=O) groups is 1. The predicted octanol–water partition coefficient (Wildman–Crippen LogP) is 1.45. The summed E-state index contributed by atoms with van der Waals surface area (Å²) in [5.41, 5.74) is 0.559. The van der Waals surface area contributed by atoms with Gasteiger partial charge in [0.2, 0.25) is 5.91 Å². The van der Waals surface area contributed by atoms with E-state index in [1.54, 1.807) is 12.4 Å². The van der Waals surface area contributed by atoms with Gasteiger partial charge < -0.3 is 5.32 Å². The van der Waals surface area contributed by atoms with Gasteiger partial charge in [0, 0.05) is 29.9 Å². The normalized spacial score (nSPS) is 11.2. The molecule has 1 N–H and O–H groups in total. The lowest BCUT2D eigenvalue weighted by Crippen LogP contribution is -2.34. The fourth-order valence-electron chi connectivity index (χ4n) is 0.958. The Morgan fingerprint density at radius 3 is 2.33 bits per heavy atom. The second kappa shape index (κ2) is 4.38. The maximum atomic E-state index is 11.6. The highest BCUT2D eigenvalue weighted by molar-refractivity contribution is 5.81. The van der Waals surface area contributed by atoms with Gasteiger partial charge in [-0.05, 0) is 6.92 Å². The number of aromatic nitrogens is 2. The lowest BCUT2D eigenvalue weighted by molar-refractivity contribution is -0.128. The molecule has 1 rings (SSSR count). The lowest BCUT2D eigenvalue weighted by atomic mass is 9.96. The number of nitrogens with zero attached hydrogens (tertiary/aromatic N) is 2. The van der Waals surface area contributed by atoms with Gasteiger partial charge >= 0.3 is 0 Å². The topological polar surface area (TPSA) is 54.9 Å². The number of rotatable bonds is 2. The van der Waals surface area contributed by atoms with E-state index in [4.69, 9.17) is 0 Å². The summed E-state index contributed by atoms with van der Waals surface area (Å²) in [4.78, 5) is 19.7. The van der Waals surface area contributed by atoms with E-state index in [1.165, 1.54) is 0 Å². The monoisotopic (exact) mass is 207 g/mol. The minimum atomic E-state index is -0.356. The summed E-state index contributed by atoms with van der Waals surface area (Å²) in [6.45, 7) is 7.96. The Morgan fingerprint density at radius 2 is 1.87 bits per heavy atom. The van der Waals surface area contributed by atoms with Crippen LogP contribution in [0.2, 0.25) is 0 Å². The molecule has 0 bridgehead atoms. The molecule has 0 spiro atoms. The van der Waals surface area contributed by atoms with E-state index in [-0.39, 0.29) is 11.3 Å². The van der Waals surface area contributed by atoms with Gasteiger partial charge in [-0.3, -0.25) is 4.79 Å². The Morgan fingerprint density at radius 1 is 1.33 bits per heavy atom. The molecule has 1 amide bonds. The highest BCUT2D eigenvalue weighted by Crippen LogP contribution is 2.12. The van der Waals surface area contributed by atoms with Crippen LogP contribution in [0.5, 0.6) is 0 Å². The summed E-state index contributed by atoms with van der Waals surface area (Å²) in [6, 6.07) is 0. The molecule has 0 atom stereocenters. The molecule has 0 aliphatic rings. The molecule has 4 nitrogen and oxygen atoms in total. The average molecular weight is 207 g/mol. The highest BCUT2D eigenvalue weighted by atomic mass is 16.2. The molecule has 0 aliphatic heterocycles. The van der Waals surface area contributed by atoms with Crippen LogP contribution in [-0.2, 0) is 11.3 Å². The Hall–Kier alpha value is -1.45. The van der Waals surface area contributed by atoms with Crippen LogP contribution in [0.25, 0.3) is 0 Å². The first-order chi connectivity index (χ1) is 6.89. The first-order valence-electron chi connectivity index (χ1n) is 4.95. The van der Waals surface area contributed by atoms with Crippen LogP contribution in [0, 0.1) is 12.3 Å². The Balaban J connectivity index is 2.51. The molecule has 82 valence electrons. The van der Waals surface area contributed by atoms with Crippen molar-refractivity contribution in [2.75, 3.05) is 0 Å². The van der Waals surface area contributed by atoms with Crippen molar-refractivity contribution in [3.63, 3.8) is 0 Å². The smallest absolute Gasteiger partial charge is 0.225 e. The van der Waals surface area contributed by atoms with Crippen LogP contribution in [-0.4, -0.2) is 15.9 Å². The van der Waals surface area contributed by atoms with E-state index in [2.05, 4.69) is 15.3 Å². The Bertz CT molecular complexity index is 338. The van der Waals surface area contributed by atoms with E-state index in [1.807, 2.05) is 27.7 Å². The zero-order valence-electron chi connectivity index (χ0n) is 9.66. The van der Waals surface area contributed by atoms with Gasteiger partial charge in [-0.2, -0.15) is 0 Å². The molecule has 4 heteroatoms. The van der Waals surface area contributed by atoms with Crippen molar-refractivity contribution in [3.8, 4) is 0 Å². The Labute approximate surface area is 90.1 Å². The lowest BCUT2D eigenvalue weighted by Gasteiger charge is -2.17. The van der Waals surface area contributed by atoms with Gasteiger partial charge in [-0.25, -0.2) is 9.97 Å². The van der Waals surface area contributed by atoms with Gasteiger partial charge in [0.15, 0.2) is 0 Å². The number of nitrogens with one attached hydrogen (secondary N) is 1. The van der Waals surface area contributed by atoms with Gasteiger partial charge in [-0.1, -0.05) is 20.8 Å². The van der Waals surface area contributed by atoms with Crippen molar-refractivity contribution in [3.05, 3.63) is 23.8 Å². The summed E-state index contributed by atoms with van der Waals surface area (Å²) >= 11 is 0. The van der Waals surface area contributed by atoms with Crippen LogP contribution in [0.15, 0.2) is 12.4 Å². The molecule has 0 radical (unpaired) electrons. The zero-order chi connectivity index (χ0) is 11.5. The van der Waals surface area contributed by atoms with Gasteiger partial charge in [-0.15, -0.1) is 0 Å². The highest BCUT2D eigenvalue weighted by Gasteiger charge is 2.20. The molecule has 0 fully saturated rings. The minimum absolute atomic E-state index is 0.0306. The fourth-order valence-corrected chi connectivity index (χ4v) is 0.958. The first kappa shape index (κ1) is 11.6. The van der Waals surface area contributed by atoms with E-state index >= 15 is 0 Å². The fraction of sp³-hybridized carbons (Fsp3) is 0.545. The number of amides is 1. The van der Waals surface area contributed by atoms with Crippen molar-refractivity contribution >= 4 is 5.91 Å². The van der Waals surface area contributed by atoms with Crippen molar-refractivity contribution in [2.24, 2.45) is 5.41 Å². The summed E-state index contributed by atoms with van der Waals surface area (Å²) in [5.74, 6) is 0.768. The van der Waals surface area contributed by atoms with E-state index in [9.17, 15) is 4.79 Å². The van der Waals surface area contributed by atoms with Crippen molar-refractivity contribution in [1.29, 1.82) is 0 Å². The minimum Gasteiger partial charge on any atom is -0.351 e. The standard InChI is InChI=1S/C11H17N3O/c1-8-12-5-9(6-13-8)7-14-10(15)11(2,3)4/h5-6H,7H2,1-4H3,(H,14,15). The molecule has 1 aromatic rings. The number of carbonyl (C=O) groups excluding carboxylic acids is 1. The van der Waals surface area contributed by atoms with E-state index in [0.717, 1.165) is 11.4 Å². The van der Waals surface area contributed by atoms with Crippen LogP contribution in [0.1, 0.15) is 32.2 Å². The largest absolute Gasteiger partial charge is 0.351 e.